The van der Waals surface area contributed by atoms with Gasteiger partial charge >= 0.3 is 0 Å². The van der Waals surface area contributed by atoms with Crippen molar-refractivity contribution in [3.8, 4) is 5.75 Å². The van der Waals surface area contributed by atoms with Crippen molar-refractivity contribution in [1.82, 2.24) is 5.32 Å². The predicted octanol–water partition coefficient (Wildman–Crippen LogP) is 5.47. The molecule has 1 aromatic heterocycles. The number of carbonyl (C=O) groups excluding carboxylic acids is 2. The van der Waals surface area contributed by atoms with Crippen LogP contribution in [0.2, 0.25) is 5.02 Å². The van der Waals surface area contributed by atoms with E-state index in [1.807, 2.05) is 18.2 Å². The highest BCUT2D eigenvalue weighted by Gasteiger charge is 2.15. The van der Waals surface area contributed by atoms with Crippen molar-refractivity contribution >= 4 is 63.1 Å². The third-order valence-electron chi connectivity index (χ3n) is 4.69. The Kier molecular flexibility index (Phi) is 6.58. The van der Waals surface area contributed by atoms with Gasteiger partial charge in [-0.3, -0.25) is 14.9 Å². The van der Waals surface area contributed by atoms with E-state index in [-0.39, 0.29) is 16.8 Å². The molecule has 0 radical (unpaired) electrons. The molecule has 0 fully saturated rings. The lowest BCUT2D eigenvalue weighted by Gasteiger charge is -2.13. The fourth-order valence-corrected chi connectivity index (χ4v) is 3.43. The molecule has 7 nitrogen and oxygen atoms in total. The molecule has 4 aromatic rings. The van der Waals surface area contributed by atoms with Crippen LogP contribution < -0.4 is 20.7 Å². The monoisotopic (exact) mass is 479 g/mol. The number of nitrogens with one attached hydrogen (secondary N) is 3. The van der Waals surface area contributed by atoms with Gasteiger partial charge < -0.3 is 19.8 Å². The Morgan fingerprint density at radius 3 is 2.42 bits per heavy atom. The topological polar surface area (TPSA) is 92.6 Å². The van der Waals surface area contributed by atoms with Gasteiger partial charge in [-0.2, -0.15) is 0 Å². The molecule has 2 amide bonds. The average Bonchev–Trinajstić information content (AvgIpc) is 3.25. The van der Waals surface area contributed by atoms with Gasteiger partial charge in [0.2, 0.25) is 0 Å². The standard InChI is InChI=1S/C24H18ClN3O4S/c1-31-20-13-17(26-24(33)28-22(29)14-6-8-16(25)9-7-14)10-11-18(20)27-23(30)21-12-15-4-2-3-5-19(15)32-21/h2-13H,1H3,(H,27,30)(H2,26,28,29,33). The molecule has 33 heavy (non-hydrogen) atoms. The summed E-state index contributed by atoms with van der Waals surface area (Å²) in [7, 11) is 1.48. The number of benzene rings is 3. The van der Waals surface area contributed by atoms with Gasteiger partial charge in [-0.1, -0.05) is 29.8 Å². The summed E-state index contributed by atoms with van der Waals surface area (Å²) < 4.78 is 11.0. The molecule has 3 aromatic carbocycles. The van der Waals surface area contributed by atoms with Crippen LogP contribution in [-0.2, 0) is 0 Å². The van der Waals surface area contributed by atoms with Crippen LogP contribution in [-0.4, -0.2) is 24.0 Å². The lowest BCUT2D eigenvalue weighted by molar-refractivity contribution is 0.0975. The Balaban J connectivity index is 1.42. The second-order valence-electron chi connectivity index (χ2n) is 6.93. The number of hydrogen-bond acceptors (Lipinski definition) is 5. The van der Waals surface area contributed by atoms with E-state index in [2.05, 4.69) is 16.0 Å². The number of hydrogen-bond donors (Lipinski definition) is 3. The molecule has 0 saturated heterocycles. The van der Waals surface area contributed by atoms with Crippen LogP contribution in [0.5, 0.6) is 5.75 Å². The number of rotatable bonds is 5. The van der Waals surface area contributed by atoms with Crippen molar-refractivity contribution in [2.24, 2.45) is 0 Å². The molecule has 166 valence electrons. The number of fused-ring (bicyclic) bond motifs is 1. The van der Waals surface area contributed by atoms with Gasteiger partial charge in [0.15, 0.2) is 10.9 Å². The van der Waals surface area contributed by atoms with E-state index >= 15 is 0 Å². The van der Waals surface area contributed by atoms with E-state index in [9.17, 15) is 9.59 Å². The maximum atomic E-state index is 12.6. The number of ether oxygens (including phenoxy) is 1. The lowest BCUT2D eigenvalue weighted by atomic mass is 10.2. The zero-order valence-corrected chi connectivity index (χ0v) is 18.9. The number of carbonyl (C=O) groups is 2. The first kappa shape index (κ1) is 22.3. The molecule has 1 heterocycles. The van der Waals surface area contributed by atoms with E-state index in [1.54, 1.807) is 54.6 Å². The van der Waals surface area contributed by atoms with Gasteiger partial charge in [-0.15, -0.1) is 0 Å². The summed E-state index contributed by atoms with van der Waals surface area (Å²) in [6, 6.07) is 20.5. The SMILES string of the molecule is COc1cc(NC(=S)NC(=O)c2ccc(Cl)cc2)ccc1NC(=O)c1cc2ccccc2o1. The maximum absolute atomic E-state index is 12.6. The number of anilines is 2. The van der Waals surface area contributed by atoms with Crippen molar-refractivity contribution in [1.29, 1.82) is 0 Å². The highest BCUT2D eigenvalue weighted by atomic mass is 35.5. The summed E-state index contributed by atoms with van der Waals surface area (Å²) in [5.74, 6) is -0.190. The van der Waals surface area contributed by atoms with Crippen molar-refractivity contribution < 1.29 is 18.7 Å². The van der Waals surface area contributed by atoms with Crippen molar-refractivity contribution in [2.75, 3.05) is 17.7 Å². The van der Waals surface area contributed by atoms with Crippen LogP contribution in [0.3, 0.4) is 0 Å². The molecule has 0 saturated carbocycles. The van der Waals surface area contributed by atoms with Crippen LogP contribution in [0.4, 0.5) is 11.4 Å². The molecular formula is C24H18ClN3O4S. The summed E-state index contributed by atoms with van der Waals surface area (Å²) in [5, 5.41) is 9.78. The number of halogens is 1. The molecule has 0 aliphatic rings. The highest BCUT2D eigenvalue weighted by Crippen LogP contribution is 2.29. The first-order valence-electron chi connectivity index (χ1n) is 9.79. The second kappa shape index (κ2) is 9.72. The summed E-state index contributed by atoms with van der Waals surface area (Å²) in [6.07, 6.45) is 0. The van der Waals surface area contributed by atoms with E-state index < -0.39 is 5.91 Å². The molecule has 0 aliphatic heterocycles. The fraction of sp³-hybridized carbons (Fsp3) is 0.0417. The van der Waals surface area contributed by atoms with Gasteiger partial charge in [0.25, 0.3) is 11.8 Å². The van der Waals surface area contributed by atoms with Gasteiger partial charge in [0.05, 0.1) is 12.8 Å². The first-order valence-corrected chi connectivity index (χ1v) is 10.6. The van der Waals surface area contributed by atoms with E-state index in [0.717, 1.165) is 5.39 Å². The van der Waals surface area contributed by atoms with Crippen LogP contribution in [0.15, 0.2) is 77.2 Å². The van der Waals surface area contributed by atoms with E-state index in [4.69, 9.17) is 33.0 Å². The number of furan rings is 1. The minimum Gasteiger partial charge on any atom is -0.494 e. The second-order valence-corrected chi connectivity index (χ2v) is 7.78. The fourth-order valence-electron chi connectivity index (χ4n) is 3.09. The molecule has 0 bridgehead atoms. The van der Waals surface area contributed by atoms with Crippen molar-refractivity contribution in [3.63, 3.8) is 0 Å². The van der Waals surface area contributed by atoms with Crippen LogP contribution in [0, 0.1) is 0 Å². The Labute approximate surface area is 199 Å². The van der Waals surface area contributed by atoms with Gasteiger partial charge in [0.1, 0.15) is 11.3 Å². The summed E-state index contributed by atoms with van der Waals surface area (Å²) >= 11 is 11.1. The third-order valence-corrected chi connectivity index (χ3v) is 5.15. The van der Waals surface area contributed by atoms with E-state index in [1.165, 1.54) is 7.11 Å². The molecule has 4 rings (SSSR count). The molecule has 0 aliphatic carbocycles. The third kappa shape index (κ3) is 5.31. The maximum Gasteiger partial charge on any atom is 0.291 e. The normalized spacial score (nSPS) is 10.5. The Hall–Kier alpha value is -3.88. The summed E-state index contributed by atoms with van der Waals surface area (Å²) in [6.45, 7) is 0. The Bertz CT molecular complexity index is 1320. The van der Waals surface area contributed by atoms with Crippen molar-refractivity contribution in [2.45, 2.75) is 0 Å². The number of thiocarbonyl (C=S) groups is 1. The largest absolute Gasteiger partial charge is 0.494 e. The number of para-hydroxylation sites is 1. The zero-order chi connectivity index (χ0) is 23.4. The van der Waals surface area contributed by atoms with Gasteiger partial charge in [-0.05, 0) is 60.7 Å². The molecular weight excluding hydrogens is 462 g/mol. The van der Waals surface area contributed by atoms with Gasteiger partial charge in [-0.25, -0.2) is 0 Å². The molecule has 0 atom stereocenters. The molecule has 0 spiro atoms. The highest BCUT2D eigenvalue weighted by molar-refractivity contribution is 7.80. The Morgan fingerprint density at radius 1 is 0.939 bits per heavy atom. The Morgan fingerprint density at radius 2 is 1.70 bits per heavy atom. The van der Waals surface area contributed by atoms with Gasteiger partial charge in [0, 0.05) is 27.7 Å². The predicted molar refractivity (Wildman–Crippen MR) is 132 cm³/mol. The minimum absolute atomic E-state index is 0.107. The zero-order valence-electron chi connectivity index (χ0n) is 17.3. The van der Waals surface area contributed by atoms with E-state index in [0.29, 0.717) is 33.3 Å². The average molecular weight is 480 g/mol. The number of amides is 2. The summed E-state index contributed by atoms with van der Waals surface area (Å²) in [4.78, 5) is 24.9. The lowest BCUT2D eigenvalue weighted by Crippen LogP contribution is -2.34. The molecule has 9 heteroatoms. The van der Waals surface area contributed by atoms with Crippen LogP contribution >= 0.6 is 23.8 Å². The van der Waals surface area contributed by atoms with Crippen LogP contribution in [0.25, 0.3) is 11.0 Å². The quantitative estimate of drug-likeness (QED) is 0.328. The molecule has 3 N–H and O–H groups in total. The van der Waals surface area contributed by atoms with Crippen molar-refractivity contribution in [3.05, 3.63) is 89.1 Å². The summed E-state index contributed by atoms with van der Waals surface area (Å²) in [5.41, 5.74) is 2.06. The minimum atomic E-state index is -0.407. The van der Waals surface area contributed by atoms with Crippen LogP contribution in [0.1, 0.15) is 20.9 Å². The molecule has 0 unspecified atom stereocenters. The smallest absolute Gasteiger partial charge is 0.291 e. The first-order chi connectivity index (χ1) is 15.9. The number of methoxy groups -OCH3 is 1.